The van der Waals surface area contributed by atoms with Gasteiger partial charge < -0.3 is 11.5 Å². The minimum Gasteiger partial charge on any atom is -0.383 e. The van der Waals surface area contributed by atoms with E-state index in [9.17, 15) is 0 Å². The number of aromatic nitrogens is 4. The molecule has 4 N–H and O–H groups in total. The molecular weight excluding hydrogens is 468 g/mol. The van der Waals surface area contributed by atoms with Gasteiger partial charge in [-0.25, -0.2) is 15.0 Å². The monoisotopic (exact) mass is 502 g/mol. The molecule has 0 bridgehead atoms. The summed E-state index contributed by atoms with van der Waals surface area (Å²) in [5, 5.41) is 0. The van der Waals surface area contributed by atoms with Gasteiger partial charge in [0.15, 0.2) is 11.5 Å². The molecule has 0 saturated heterocycles. The highest BCUT2D eigenvalue weighted by Crippen LogP contribution is 2.39. The summed E-state index contributed by atoms with van der Waals surface area (Å²) in [6.45, 7) is 6.78. The number of hydrogen-bond acceptors (Lipinski definition) is 5. The molecule has 1 fully saturated rings. The van der Waals surface area contributed by atoms with E-state index in [4.69, 9.17) is 21.4 Å². The van der Waals surface area contributed by atoms with Gasteiger partial charge in [-0.3, -0.25) is 4.57 Å². The van der Waals surface area contributed by atoms with Crippen molar-refractivity contribution in [2.75, 3.05) is 5.73 Å². The van der Waals surface area contributed by atoms with Crippen molar-refractivity contribution in [1.82, 2.24) is 19.5 Å². The predicted molar refractivity (Wildman–Crippen MR) is 155 cm³/mol. The van der Waals surface area contributed by atoms with Crippen LogP contribution in [0, 0.1) is 5.41 Å². The average molecular weight is 503 g/mol. The van der Waals surface area contributed by atoms with Crippen LogP contribution in [0.25, 0.3) is 39.5 Å². The molecule has 3 heterocycles. The number of anilines is 1. The third-order valence-corrected chi connectivity index (χ3v) is 7.49. The Morgan fingerprint density at radius 3 is 2.39 bits per heavy atom. The summed E-state index contributed by atoms with van der Waals surface area (Å²) in [6, 6.07) is 25.1. The van der Waals surface area contributed by atoms with Crippen molar-refractivity contribution < 1.29 is 0 Å². The molecule has 6 rings (SSSR count). The summed E-state index contributed by atoms with van der Waals surface area (Å²) in [4.78, 5) is 14.4. The van der Waals surface area contributed by atoms with Gasteiger partial charge in [-0.1, -0.05) is 51.1 Å². The molecule has 1 saturated carbocycles. The Hall–Kier alpha value is -4.03. The Kier molecular flexibility index (Phi) is 5.80. The molecule has 1 aliphatic carbocycles. The topological polar surface area (TPSA) is 95.6 Å². The highest BCUT2D eigenvalue weighted by Gasteiger charge is 2.34. The number of hydrogen-bond donors (Lipinski definition) is 2. The largest absolute Gasteiger partial charge is 0.383 e. The first-order valence-corrected chi connectivity index (χ1v) is 13.3. The third-order valence-electron chi connectivity index (χ3n) is 7.49. The molecule has 5 aromatic rings. The lowest BCUT2D eigenvalue weighted by Gasteiger charge is -2.38. The van der Waals surface area contributed by atoms with E-state index >= 15 is 0 Å². The van der Waals surface area contributed by atoms with Crippen LogP contribution < -0.4 is 11.5 Å². The predicted octanol–water partition coefficient (Wildman–Crippen LogP) is 6.66. The molecule has 0 amide bonds. The van der Waals surface area contributed by atoms with Crippen molar-refractivity contribution in [1.29, 1.82) is 0 Å². The first kappa shape index (κ1) is 24.3. The molecule has 2 aromatic carbocycles. The normalized spacial score (nSPS) is 14.9. The minimum atomic E-state index is -0.213. The van der Waals surface area contributed by atoms with E-state index in [-0.39, 0.29) is 11.0 Å². The van der Waals surface area contributed by atoms with Gasteiger partial charge in [0.2, 0.25) is 0 Å². The SMILES string of the molecule is CC(C)(C)Cc1cccc(-c2ccc3nc(-c4cccnc4N)n(-c4ccc(C5(N)CCC5)cc4)c3n2)c1. The van der Waals surface area contributed by atoms with Crippen molar-refractivity contribution in [3.05, 3.63) is 90.1 Å². The molecule has 6 heteroatoms. The maximum absolute atomic E-state index is 6.60. The highest BCUT2D eigenvalue weighted by molar-refractivity contribution is 5.84. The number of imidazole rings is 1. The van der Waals surface area contributed by atoms with Crippen molar-refractivity contribution in [3.8, 4) is 28.3 Å². The van der Waals surface area contributed by atoms with Gasteiger partial charge in [0.05, 0.1) is 11.3 Å². The number of nitrogens with zero attached hydrogens (tertiary/aromatic N) is 4. The summed E-state index contributed by atoms with van der Waals surface area (Å²) >= 11 is 0. The van der Waals surface area contributed by atoms with Crippen LogP contribution in [0.5, 0.6) is 0 Å². The van der Waals surface area contributed by atoms with Crippen molar-refractivity contribution in [2.24, 2.45) is 11.1 Å². The molecule has 1 aliphatic rings. The number of nitrogen functional groups attached to an aromatic ring is 1. The van der Waals surface area contributed by atoms with Crippen LogP contribution in [0.1, 0.15) is 51.2 Å². The Bertz CT molecular complexity index is 1620. The van der Waals surface area contributed by atoms with Crippen LogP contribution in [0.15, 0.2) is 79.0 Å². The van der Waals surface area contributed by atoms with Crippen LogP contribution in [-0.4, -0.2) is 19.5 Å². The molecule has 0 radical (unpaired) electrons. The number of benzene rings is 2. The average Bonchev–Trinajstić information content (AvgIpc) is 3.25. The lowest BCUT2D eigenvalue weighted by atomic mass is 9.73. The van der Waals surface area contributed by atoms with E-state index in [1.807, 2.05) is 24.3 Å². The Morgan fingerprint density at radius 1 is 0.921 bits per heavy atom. The molecule has 0 spiro atoms. The number of rotatable bonds is 5. The Labute approximate surface area is 223 Å². The first-order valence-electron chi connectivity index (χ1n) is 13.3. The van der Waals surface area contributed by atoms with E-state index in [1.54, 1.807) is 6.20 Å². The molecule has 0 atom stereocenters. The van der Waals surface area contributed by atoms with Gasteiger partial charge in [-0.15, -0.1) is 0 Å². The maximum atomic E-state index is 6.60. The first-order chi connectivity index (χ1) is 18.2. The molecule has 38 heavy (non-hydrogen) atoms. The van der Waals surface area contributed by atoms with Crippen molar-refractivity contribution in [2.45, 2.75) is 52.0 Å². The highest BCUT2D eigenvalue weighted by atomic mass is 15.1. The van der Waals surface area contributed by atoms with Crippen molar-refractivity contribution in [3.63, 3.8) is 0 Å². The molecule has 0 unspecified atom stereocenters. The standard InChI is InChI=1S/C32H34N6/c1-31(2,3)20-21-7-4-8-22(19-21)26-14-15-27-30(36-26)38(29(37-27)25-9-5-18-35-28(25)33)24-12-10-23(11-13-24)32(34)16-6-17-32/h4-5,7-15,18-19H,6,16-17,20,34H2,1-3H3,(H2,33,35). The third kappa shape index (κ3) is 4.45. The Morgan fingerprint density at radius 2 is 1.71 bits per heavy atom. The van der Waals surface area contributed by atoms with Gasteiger partial charge in [0.25, 0.3) is 0 Å². The van der Waals surface area contributed by atoms with Gasteiger partial charge >= 0.3 is 0 Å². The zero-order valence-corrected chi connectivity index (χ0v) is 22.3. The lowest BCUT2D eigenvalue weighted by molar-refractivity contribution is 0.253. The van der Waals surface area contributed by atoms with Crippen LogP contribution in [-0.2, 0) is 12.0 Å². The second kappa shape index (κ2) is 9.07. The molecule has 192 valence electrons. The van der Waals surface area contributed by atoms with Crippen LogP contribution in [0.3, 0.4) is 0 Å². The quantitative estimate of drug-likeness (QED) is 0.280. The summed E-state index contributed by atoms with van der Waals surface area (Å²) < 4.78 is 2.08. The fourth-order valence-corrected chi connectivity index (χ4v) is 5.39. The lowest BCUT2D eigenvalue weighted by Crippen LogP contribution is -2.43. The fourth-order valence-electron chi connectivity index (χ4n) is 5.39. The van der Waals surface area contributed by atoms with E-state index in [2.05, 4.69) is 78.9 Å². The zero-order chi connectivity index (χ0) is 26.5. The molecule has 3 aromatic heterocycles. The summed E-state index contributed by atoms with van der Waals surface area (Å²) in [5.74, 6) is 1.15. The molecular formula is C32H34N6. The van der Waals surface area contributed by atoms with E-state index in [1.165, 1.54) is 17.5 Å². The summed E-state index contributed by atoms with van der Waals surface area (Å²) in [5.41, 5.74) is 20.7. The summed E-state index contributed by atoms with van der Waals surface area (Å²) in [7, 11) is 0. The van der Waals surface area contributed by atoms with Gasteiger partial charge in [-0.05, 0) is 84.7 Å². The maximum Gasteiger partial charge on any atom is 0.165 e. The van der Waals surface area contributed by atoms with Crippen LogP contribution in [0.2, 0.25) is 0 Å². The van der Waals surface area contributed by atoms with Crippen LogP contribution >= 0.6 is 0 Å². The molecule has 0 aliphatic heterocycles. The van der Waals surface area contributed by atoms with Crippen LogP contribution in [0.4, 0.5) is 5.82 Å². The Balaban J connectivity index is 1.51. The number of nitrogens with two attached hydrogens (primary N) is 2. The fraction of sp³-hybridized carbons (Fsp3) is 0.281. The van der Waals surface area contributed by atoms with E-state index < -0.39 is 0 Å². The van der Waals surface area contributed by atoms with Gasteiger partial charge in [0.1, 0.15) is 11.3 Å². The van der Waals surface area contributed by atoms with Crippen molar-refractivity contribution >= 4 is 17.0 Å². The number of pyridine rings is 2. The zero-order valence-electron chi connectivity index (χ0n) is 22.3. The second-order valence-corrected chi connectivity index (χ2v) is 11.7. The second-order valence-electron chi connectivity index (χ2n) is 11.7. The van der Waals surface area contributed by atoms with Gasteiger partial charge in [0, 0.05) is 23.0 Å². The van der Waals surface area contributed by atoms with E-state index in [0.29, 0.717) is 5.82 Å². The van der Waals surface area contributed by atoms with E-state index in [0.717, 1.165) is 58.8 Å². The van der Waals surface area contributed by atoms with Gasteiger partial charge in [-0.2, -0.15) is 0 Å². The number of fused-ring (bicyclic) bond motifs is 1. The smallest absolute Gasteiger partial charge is 0.165 e. The molecule has 6 nitrogen and oxygen atoms in total. The minimum absolute atomic E-state index is 0.209. The summed E-state index contributed by atoms with van der Waals surface area (Å²) in [6.07, 6.45) is 5.92.